The van der Waals surface area contributed by atoms with E-state index in [2.05, 4.69) is 5.32 Å². The zero-order valence-corrected chi connectivity index (χ0v) is 20.1. The van der Waals surface area contributed by atoms with Gasteiger partial charge in [0.05, 0.1) is 16.2 Å². The molecule has 1 amide bonds. The summed E-state index contributed by atoms with van der Waals surface area (Å²) in [6.07, 6.45) is 1.63. The van der Waals surface area contributed by atoms with Crippen molar-refractivity contribution in [2.75, 3.05) is 12.8 Å². The van der Waals surface area contributed by atoms with Gasteiger partial charge in [0.25, 0.3) is 5.91 Å². The van der Waals surface area contributed by atoms with Crippen molar-refractivity contribution in [2.24, 2.45) is 0 Å². The molecule has 5 nitrogen and oxygen atoms in total. The second kappa shape index (κ2) is 9.84. The van der Waals surface area contributed by atoms with Crippen LogP contribution in [0.4, 0.5) is 8.78 Å². The van der Waals surface area contributed by atoms with E-state index in [1.165, 1.54) is 30.3 Å². The lowest BCUT2D eigenvalue weighted by Crippen LogP contribution is -2.26. The minimum absolute atomic E-state index is 0.0141. The van der Waals surface area contributed by atoms with Gasteiger partial charge in [0.15, 0.2) is 9.84 Å². The first-order valence-corrected chi connectivity index (χ1v) is 12.8. The number of aromatic nitrogens is 1. The number of halogens is 2. The first-order chi connectivity index (χ1) is 16.6. The first-order valence-electron chi connectivity index (χ1n) is 11.0. The quantitative estimate of drug-likeness (QED) is 0.388. The van der Waals surface area contributed by atoms with Crippen LogP contribution in [0.1, 0.15) is 21.6 Å². The molecule has 0 saturated heterocycles. The van der Waals surface area contributed by atoms with Gasteiger partial charge in [-0.05, 0) is 79.1 Å². The third-order valence-electron chi connectivity index (χ3n) is 5.81. The zero-order valence-electron chi connectivity index (χ0n) is 19.3. The number of benzene rings is 3. The Balaban J connectivity index is 1.65. The molecule has 0 unspecified atom stereocenters. The number of nitrogens with zero attached hydrogens (tertiary/aromatic N) is 1. The average molecular weight is 495 g/mol. The van der Waals surface area contributed by atoms with E-state index in [9.17, 15) is 22.0 Å². The highest BCUT2D eigenvalue weighted by Crippen LogP contribution is 2.30. The van der Waals surface area contributed by atoms with Gasteiger partial charge in [-0.2, -0.15) is 0 Å². The Labute approximate surface area is 203 Å². The minimum Gasteiger partial charge on any atom is -0.352 e. The van der Waals surface area contributed by atoms with Gasteiger partial charge in [-0.1, -0.05) is 24.3 Å². The smallest absolute Gasteiger partial charge is 0.254 e. The Morgan fingerprint density at radius 2 is 1.60 bits per heavy atom. The number of amides is 1. The Hall–Kier alpha value is -3.78. The van der Waals surface area contributed by atoms with E-state index in [-0.39, 0.29) is 22.8 Å². The second-order valence-corrected chi connectivity index (χ2v) is 10.3. The molecule has 4 aromatic rings. The van der Waals surface area contributed by atoms with Crippen LogP contribution in [0.25, 0.3) is 16.9 Å². The first kappa shape index (κ1) is 24.3. The van der Waals surface area contributed by atoms with E-state index in [0.29, 0.717) is 6.42 Å². The van der Waals surface area contributed by atoms with Crippen LogP contribution in [0.15, 0.2) is 83.8 Å². The molecule has 0 aliphatic heterocycles. The van der Waals surface area contributed by atoms with E-state index in [4.69, 9.17) is 0 Å². The van der Waals surface area contributed by atoms with Crippen LogP contribution in [0.2, 0.25) is 0 Å². The molecule has 1 aromatic heterocycles. The molecule has 0 aliphatic carbocycles. The maximum Gasteiger partial charge on any atom is 0.254 e. The summed E-state index contributed by atoms with van der Waals surface area (Å²) >= 11 is 0. The number of carbonyl (C=O) groups is 1. The summed E-state index contributed by atoms with van der Waals surface area (Å²) in [7, 11) is -3.33. The van der Waals surface area contributed by atoms with Gasteiger partial charge >= 0.3 is 0 Å². The lowest BCUT2D eigenvalue weighted by atomic mass is 10.1. The maximum atomic E-state index is 13.9. The van der Waals surface area contributed by atoms with E-state index >= 15 is 0 Å². The molecule has 0 aliphatic rings. The minimum atomic E-state index is -3.33. The zero-order chi connectivity index (χ0) is 25.2. The van der Waals surface area contributed by atoms with Gasteiger partial charge in [0.2, 0.25) is 0 Å². The Bertz CT molecular complexity index is 1480. The second-order valence-electron chi connectivity index (χ2n) is 8.23. The van der Waals surface area contributed by atoms with Crippen LogP contribution >= 0.6 is 0 Å². The normalized spacial score (nSPS) is 11.4. The molecular formula is C27H24F2N2O3S. The molecule has 0 bridgehead atoms. The highest BCUT2D eigenvalue weighted by atomic mass is 32.2. The van der Waals surface area contributed by atoms with E-state index in [1.807, 2.05) is 17.6 Å². The monoisotopic (exact) mass is 494 g/mol. The van der Waals surface area contributed by atoms with Crippen LogP contribution in [0.3, 0.4) is 0 Å². The summed E-state index contributed by atoms with van der Waals surface area (Å²) in [6, 6.07) is 20.4. The number of hydrogen-bond acceptors (Lipinski definition) is 3. The molecule has 0 saturated carbocycles. The maximum absolute atomic E-state index is 13.9. The molecule has 4 rings (SSSR count). The molecule has 1 N–H and O–H groups in total. The number of hydrogen-bond donors (Lipinski definition) is 1. The standard InChI is InChI=1S/C27H24F2N2O3S/c1-18-20(15-16-30-27(32)24-5-3-4-6-25(24)29)17-26(31(18)22-11-9-21(28)10-12-22)19-7-13-23(14-8-19)35(2,33)34/h3-14,17H,15-16H2,1-2H3,(H,30,32). The summed E-state index contributed by atoms with van der Waals surface area (Å²) in [6.45, 7) is 2.21. The van der Waals surface area contributed by atoms with Gasteiger partial charge in [0, 0.05) is 24.2 Å². The summed E-state index contributed by atoms with van der Waals surface area (Å²) < 4.78 is 53.1. The van der Waals surface area contributed by atoms with Crippen molar-refractivity contribution in [2.45, 2.75) is 18.2 Å². The third kappa shape index (κ3) is 5.33. The highest BCUT2D eigenvalue weighted by Gasteiger charge is 2.17. The summed E-state index contributed by atoms with van der Waals surface area (Å²) in [4.78, 5) is 12.6. The molecule has 1 heterocycles. The van der Waals surface area contributed by atoms with Crippen molar-refractivity contribution in [1.82, 2.24) is 9.88 Å². The van der Waals surface area contributed by atoms with E-state index < -0.39 is 21.6 Å². The number of carbonyl (C=O) groups excluding carboxylic acids is 1. The predicted molar refractivity (Wildman–Crippen MR) is 131 cm³/mol. The molecule has 0 radical (unpaired) electrons. The molecule has 0 spiro atoms. The van der Waals surface area contributed by atoms with Crippen LogP contribution < -0.4 is 5.32 Å². The topological polar surface area (TPSA) is 68.2 Å². The van der Waals surface area contributed by atoms with Gasteiger partial charge in [0.1, 0.15) is 11.6 Å². The van der Waals surface area contributed by atoms with Crippen LogP contribution in [0.5, 0.6) is 0 Å². The average Bonchev–Trinajstić information content (AvgIpc) is 3.15. The van der Waals surface area contributed by atoms with Gasteiger partial charge in [-0.25, -0.2) is 17.2 Å². The van der Waals surface area contributed by atoms with E-state index in [1.54, 1.807) is 42.5 Å². The summed E-state index contributed by atoms with van der Waals surface area (Å²) in [5.41, 5.74) is 4.13. The molecule has 0 fully saturated rings. The van der Waals surface area contributed by atoms with Crippen molar-refractivity contribution in [1.29, 1.82) is 0 Å². The van der Waals surface area contributed by atoms with Gasteiger partial charge in [-0.3, -0.25) is 4.79 Å². The fraction of sp³-hybridized carbons (Fsp3) is 0.148. The molecule has 3 aromatic carbocycles. The van der Waals surface area contributed by atoms with Crippen LogP contribution in [0, 0.1) is 18.6 Å². The fourth-order valence-corrected chi connectivity index (χ4v) is 4.60. The van der Waals surface area contributed by atoms with Gasteiger partial charge in [-0.15, -0.1) is 0 Å². The van der Waals surface area contributed by atoms with Gasteiger partial charge < -0.3 is 9.88 Å². The summed E-state index contributed by atoms with van der Waals surface area (Å²) in [5, 5.41) is 2.75. The summed E-state index contributed by atoms with van der Waals surface area (Å²) in [5.74, 6) is -1.42. The third-order valence-corrected chi connectivity index (χ3v) is 6.94. The van der Waals surface area contributed by atoms with Crippen molar-refractivity contribution in [3.05, 3.63) is 107 Å². The van der Waals surface area contributed by atoms with Crippen molar-refractivity contribution < 1.29 is 22.0 Å². The van der Waals surface area contributed by atoms with Crippen LogP contribution in [-0.4, -0.2) is 31.7 Å². The van der Waals surface area contributed by atoms with Crippen molar-refractivity contribution >= 4 is 15.7 Å². The number of sulfone groups is 1. The SMILES string of the molecule is Cc1c(CCNC(=O)c2ccccc2F)cc(-c2ccc(S(C)(=O)=O)cc2)n1-c1ccc(F)cc1. The lowest BCUT2D eigenvalue weighted by Gasteiger charge is -2.13. The van der Waals surface area contributed by atoms with Crippen molar-refractivity contribution in [3.63, 3.8) is 0 Å². The molecular weight excluding hydrogens is 470 g/mol. The lowest BCUT2D eigenvalue weighted by molar-refractivity contribution is 0.0950. The predicted octanol–water partition coefficient (Wildman–Crippen LogP) is 5.11. The number of rotatable bonds is 7. The molecule has 35 heavy (non-hydrogen) atoms. The Kier molecular flexibility index (Phi) is 6.84. The molecule has 0 atom stereocenters. The largest absolute Gasteiger partial charge is 0.352 e. The Morgan fingerprint density at radius 3 is 2.23 bits per heavy atom. The Morgan fingerprint density at radius 1 is 0.943 bits per heavy atom. The molecule has 8 heteroatoms. The van der Waals surface area contributed by atoms with Crippen molar-refractivity contribution in [3.8, 4) is 16.9 Å². The number of nitrogens with one attached hydrogen (secondary N) is 1. The highest BCUT2D eigenvalue weighted by molar-refractivity contribution is 7.90. The van der Waals surface area contributed by atoms with Crippen LogP contribution in [-0.2, 0) is 16.3 Å². The molecule has 180 valence electrons. The fourth-order valence-electron chi connectivity index (χ4n) is 3.97. The van der Waals surface area contributed by atoms with E-state index in [0.717, 1.165) is 34.5 Å².